The molecule has 9 heteroatoms. The quantitative estimate of drug-likeness (QED) is 0.655. The standard InChI is InChI=1S/C20H25N7O2/c1-13(2)23-17(28)12-26-6-8-27(9-7-26)20-24-16(19(29)25-20)10-14-11-22-18-15(14)4-3-5-21-18/h3-5,10-11,13H,6-9,12H2,1-2H3,(H,21,22)(H,23,28)(H,24,25,29). The van der Waals surface area contributed by atoms with Gasteiger partial charge in [-0.15, -0.1) is 0 Å². The Morgan fingerprint density at radius 2 is 2.10 bits per heavy atom. The highest BCUT2D eigenvalue weighted by atomic mass is 16.2. The van der Waals surface area contributed by atoms with Gasteiger partial charge >= 0.3 is 0 Å². The number of H-pyrrole nitrogens is 1. The van der Waals surface area contributed by atoms with Crippen LogP contribution in [0.3, 0.4) is 0 Å². The fraction of sp³-hybridized carbons (Fsp3) is 0.400. The molecule has 0 radical (unpaired) electrons. The van der Waals surface area contributed by atoms with Crippen molar-refractivity contribution in [2.75, 3.05) is 32.7 Å². The van der Waals surface area contributed by atoms with E-state index in [0.717, 1.165) is 29.7 Å². The monoisotopic (exact) mass is 395 g/mol. The first-order valence-corrected chi connectivity index (χ1v) is 9.80. The number of amides is 2. The first-order valence-electron chi connectivity index (χ1n) is 9.80. The van der Waals surface area contributed by atoms with E-state index in [1.165, 1.54) is 0 Å². The second-order valence-electron chi connectivity index (χ2n) is 7.55. The van der Waals surface area contributed by atoms with Gasteiger partial charge in [-0.25, -0.2) is 9.98 Å². The number of hydrogen-bond donors (Lipinski definition) is 3. The smallest absolute Gasteiger partial charge is 0.276 e. The molecule has 2 aromatic rings. The van der Waals surface area contributed by atoms with Crippen LogP contribution in [0.5, 0.6) is 0 Å². The van der Waals surface area contributed by atoms with Gasteiger partial charge in [0, 0.05) is 55.6 Å². The minimum Gasteiger partial charge on any atom is -0.353 e. The summed E-state index contributed by atoms with van der Waals surface area (Å²) in [5.41, 5.74) is 2.03. The second kappa shape index (κ2) is 8.04. The van der Waals surface area contributed by atoms with E-state index >= 15 is 0 Å². The van der Waals surface area contributed by atoms with Crippen molar-refractivity contribution in [3.63, 3.8) is 0 Å². The number of carbonyl (C=O) groups excluding carboxylic acids is 2. The topological polar surface area (TPSA) is 106 Å². The summed E-state index contributed by atoms with van der Waals surface area (Å²) in [7, 11) is 0. The summed E-state index contributed by atoms with van der Waals surface area (Å²) >= 11 is 0. The fourth-order valence-electron chi connectivity index (χ4n) is 3.54. The second-order valence-corrected chi connectivity index (χ2v) is 7.55. The maximum Gasteiger partial charge on any atom is 0.276 e. The number of guanidine groups is 1. The van der Waals surface area contributed by atoms with Crippen LogP contribution in [-0.2, 0) is 9.59 Å². The van der Waals surface area contributed by atoms with Gasteiger partial charge in [-0.1, -0.05) is 0 Å². The number of piperazine rings is 1. The zero-order valence-corrected chi connectivity index (χ0v) is 16.6. The molecule has 2 aromatic heterocycles. The Hall–Kier alpha value is -3.20. The van der Waals surface area contributed by atoms with Crippen molar-refractivity contribution in [1.82, 2.24) is 30.4 Å². The lowest BCUT2D eigenvalue weighted by Gasteiger charge is -2.35. The van der Waals surface area contributed by atoms with E-state index in [1.807, 2.05) is 37.1 Å². The number of aliphatic imine (C=N–C) groups is 1. The lowest BCUT2D eigenvalue weighted by atomic mass is 10.2. The summed E-state index contributed by atoms with van der Waals surface area (Å²) < 4.78 is 0. The molecular weight excluding hydrogens is 370 g/mol. The van der Waals surface area contributed by atoms with Gasteiger partial charge in [-0.3, -0.25) is 19.8 Å². The first kappa shape index (κ1) is 19.1. The van der Waals surface area contributed by atoms with Crippen molar-refractivity contribution in [1.29, 1.82) is 0 Å². The summed E-state index contributed by atoms with van der Waals surface area (Å²) in [5, 5.41) is 6.72. The Kier molecular flexibility index (Phi) is 5.30. The molecule has 0 bridgehead atoms. The highest BCUT2D eigenvalue weighted by Gasteiger charge is 2.28. The van der Waals surface area contributed by atoms with Gasteiger partial charge in [0.15, 0.2) is 0 Å². The lowest BCUT2D eigenvalue weighted by molar-refractivity contribution is -0.123. The van der Waals surface area contributed by atoms with E-state index in [1.54, 1.807) is 12.3 Å². The molecule has 2 aliphatic rings. The number of aromatic nitrogens is 2. The zero-order chi connectivity index (χ0) is 20.4. The Morgan fingerprint density at radius 1 is 1.31 bits per heavy atom. The third-order valence-corrected chi connectivity index (χ3v) is 4.95. The van der Waals surface area contributed by atoms with Gasteiger partial charge in [0.25, 0.3) is 5.91 Å². The molecule has 3 N–H and O–H groups in total. The molecule has 0 unspecified atom stereocenters. The molecule has 4 rings (SSSR count). The van der Waals surface area contributed by atoms with E-state index in [-0.39, 0.29) is 17.9 Å². The number of aromatic amines is 1. The molecule has 29 heavy (non-hydrogen) atoms. The molecule has 9 nitrogen and oxygen atoms in total. The molecule has 0 atom stereocenters. The van der Waals surface area contributed by atoms with Crippen molar-refractivity contribution in [2.24, 2.45) is 4.99 Å². The van der Waals surface area contributed by atoms with Crippen LogP contribution in [-0.4, -0.2) is 76.3 Å². The van der Waals surface area contributed by atoms with Crippen molar-refractivity contribution < 1.29 is 9.59 Å². The molecule has 1 saturated heterocycles. The number of fused-ring (bicyclic) bond motifs is 1. The number of carbonyl (C=O) groups is 2. The summed E-state index contributed by atoms with van der Waals surface area (Å²) in [6.07, 6.45) is 5.32. The summed E-state index contributed by atoms with van der Waals surface area (Å²) in [5.74, 6) is 0.404. The maximum atomic E-state index is 12.4. The predicted molar refractivity (Wildman–Crippen MR) is 111 cm³/mol. The highest BCUT2D eigenvalue weighted by molar-refractivity contribution is 6.14. The first-order chi connectivity index (χ1) is 14.0. The Morgan fingerprint density at radius 3 is 2.86 bits per heavy atom. The fourth-order valence-corrected chi connectivity index (χ4v) is 3.54. The largest absolute Gasteiger partial charge is 0.353 e. The van der Waals surface area contributed by atoms with Gasteiger partial charge in [0.1, 0.15) is 11.3 Å². The minimum atomic E-state index is -0.211. The van der Waals surface area contributed by atoms with Gasteiger partial charge < -0.3 is 15.2 Å². The van der Waals surface area contributed by atoms with Crippen LogP contribution in [0.4, 0.5) is 0 Å². The molecule has 0 spiro atoms. The van der Waals surface area contributed by atoms with E-state index < -0.39 is 0 Å². The van der Waals surface area contributed by atoms with Crippen LogP contribution in [0.25, 0.3) is 17.1 Å². The van der Waals surface area contributed by atoms with Gasteiger partial charge in [-0.05, 0) is 32.1 Å². The molecule has 4 heterocycles. The average molecular weight is 395 g/mol. The van der Waals surface area contributed by atoms with E-state index in [4.69, 9.17) is 0 Å². The molecule has 0 aromatic carbocycles. The minimum absolute atomic E-state index is 0.0402. The molecule has 2 aliphatic heterocycles. The van der Waals surface area contributed by atoms with Crippen LogP contribution in [0.15, 0.2) is 35.2 Å². The average Bonchev–Trinajstić information content (AvgIpc) is 3.26. The molecule has 0 saturated carbocycles. The zero-order valence-electron chi connectivity index (χ0n) is 16.6. The number of hydrogen-bond acceptors (Lipinski definition) is 6. The van der Waals surface area contributed by atoms with Crippen LogP contribution >= 0.6 is 0 Å². The van der Waals surface area contributed by atoms with E-state index in [9.17, 15) is 9.59 Å². The summed E-state index contributed by atoms with van der Waals surface area (Å²) in [4.78, 5) is 40.4. The van der Waals surface area contributed by atoms with Crippen molar-refractivity contribution in [2.45, 2.75) is 19.9 Å². The number of rotatable bonds is 4. The normalized spacial score (nSPS) is 19.1. The SMILES string of the molecule is CC(C)NC(=O)CN1CCN(C2=NC(=Cc3c[nH]c4ncccc34)C(=O)N2)CC1. The molecular formula is C20H25N7O2. The molecule has 0 aliphatic carbocycles. The van der Waals surface area contributed by atoms with Crippen LogP contribution < -0.4 is 10.6 Å². The summed E-state index contributed by atoms with van der Waals surface area (Å²) in [6.45, 7) is 7.20. The maximum absolute atomic E-state index is 12.4. The van der Waals surface area contributed by atoms with Crippen LogP contribution in [0.1, 0.15) is 19.4 Å². The summed E-state index contributed by atoms with van der Waals surface area (Å²) in [6, 6.07) is 3.96. The van der Waals surface area contributed by atoms with Gasteiger partial charge in [0.05, 0.1) is 6.54 Å². The van der Waals surface area contributed by atoms with Gasteiger partial charge in [0.2, 0.25) is 11.9 Å². The van der Waals surface area contributed by atoms with Crippen LogP contribution in [0.2, 0.25) is 0 Å². The number of pyridine rings is 1. The lowest BCUT2D eigenvalue weighted by Crippen LogP contribution is -2.53. The Balaban J connectivity index is 1.40. The Bertz CT molecular complexity index is 984. The van der Waals surface area contributed by atoms with Crippen LogP contribution in [0, 0.1) is 0 Å². The molecule has 152 valence electrons. The molecule has 2 amide bonds. The van der Waals surface area contributed by atoms with Crippen molar-refractivity contribution in [3.8, 4) is 0 Å². The van der Waals surface area contributed by atoms with E-state index in [2.05, 4.69) is 30.5 Å². The van der Waals surface area contributed by atoms with Crippen molar-refractivity contribution in [3.05, 3.63) is 35.8 Å². The number of nitrogens with zero attached hydrogens (tertiary/aromatic N) is 4. The Labute approximate surface area is 168 Å². The van der Waals surface area contributed by atoms with E-state index in [0.29, 0.717) is 31.3 Å². The van der Waals surface area contributed by atoms with Gasteiger partial charge in [-0.2, -0.15) is 0 Å². The highest BCUT2D eigenvalue weighted by Crippen LogP contribution is 2.21. The number of nitrogens with one attached hydrogen (secondary N) is 3. The third-order valence-electron chi connectivity index (χ3n) is 4.95. The predicted octanol–water partition coefficient (Wildman–Crippen LogP) is 0.532. The van der Waals surface area contributed by atoms with Crippen molar-refractivity contribution >= 4 is 34.9 Å². The molecule has 1 fully saturated rings. The third kappa shape index (κ3) is 4.29.